The molecule has 12 heteroatoms. The Balaban J connectivity index is 0. The van der Waals surface area contributed by atoms with Crippen molar-refractivity contribution in [1.29, 1.82) is 0 Å². The van der Waals surface area contributed by atoms with Crippen LogP contribution in [0.5, 0.6) is 5.75 Å². The van der Waals surface area contributed by atoms with E-state index in [1.165, 1.54) is 6.92 Å². The minimum absolute atomic E-state index is 0. The Morgan fingerprint density at radius 3 is 1.55 bits per heavy atom. The van der Waals surface area contributed by atoms with Crippen LogP contribution in [0.1, 0.15) is 44.3 Å². The normalized spacial score (nSPS) is 10.4. The molecule has 0 atom stereocenters. The molecule has 9 nitrogen and oxygen atoms in total. The molecule has 0 aliphatic rings. The van der Waals surface area contributed by atoms with Crippen LogP contribution in [0.2, 0.25) is 51.4 Å². The number of esters is 3. The van der Waals surface area contributed by atoms with E-state index in [-0.39, 0.29) is 48.0 Å². The van der Waals surface area contributed by atoms with Crippen LogP contribution in [-0.2, 0) is 24.0 Å². The Morgan fingerprint density at radius 2 is 1.17 bits per heavy atom. The van der Waals surface area contributed by atoms with Gasteiger partial charge in [-0.25, -0.2) is 9.59 Å². The van der Waals surface area contributed by atoms with Crippen LogP contribution in [0.25, 0.3) is 0 Å². The molecule has 0 N–H and O–H groups in total. The largest absolute Gasteiger partial charge is 1.00 e. The van der Waals surface area contributed by atoms with Gasteiger partial charge in [0, 0.05) is 28.6 Å². The molecule has 0 saturated carbocycles. The SMILES string of the molecule is CC(=O)Oc1cccc(C(=O)OCC[Si](C)(C)C)c1C.Cc1cccc(C(=O)OCC[Si](C)(C)C)c1C.O=CO[O-].[Na+]. The Morgan fingerprint density at radius 1 is 0.762 bits per heavy atom. The average Bonchev–Trinajstić information content (AvgIpc) is 2.85. The quantitative estimate of drug-likeness (QED) is 0.0974. The number of benzene rings is 2. The van der Waals surface area contributed by atoms with Crippen LogP contribution < -0.4 is 39.6 Å². The molecular weight excluding hydrogens is 583 g/mol. The van der Waals surface area contributed by atoms with E-state index in [1.54, 1.807) is 25.1 Å². The number of hydrogen-bond donors (Lipinski definition) is 0. The third-order valence-electron chi connectivity index (χ3n) is 5.79. The standard InChI is InChI=1S/C15H22O4Si.C14H22O2Si.CH2O3.Na/c1-11-13(7-6-8-14(11)19-12(2)16)15(17)18-9-10-20(3,4)5;1-11-7-6-8-13(12(11)2)14(15)16-9-10-17(3,4)5;2-1-4-3;/h6-8H,9-10H2,1-5H3;6-8H,9-10H2,1-5H3;1,3H;/q;;;+1/p-1. The van der Waals surface area contributed by atoms with Crippen LogP contribution in [0.15, 0.2) is 36.4 Å². The van der Waals surface area contributed by atoms with Crippen LogP contribution in [0.3, 0.4) is 0 Å². The zero-order chi connectivity index (χ0) is 31.8. The number of aryl methyl sites for hydroxylation is 1. The van der Waals surface area contributed by atoms with E-state index in [0.717, 1.165) is 23.2 Å². The van der Waals surface area contributed by atoms with Crippen LogP contribution in [0, 0.1) is 20.8 Å². The molecule has 0 amide bonds. The summed E-state index contributed by atoms with van der Waals surface area (Å²) in [7, 11) is -2.34. The molecule has 0 saturated heterocycles. The zero-order valence-electron chi connectivity index (χ0n) is 27.0. The fraction of sp³-hybridized carbons (Fsp3) is 0.467. The predicted octanol–water partition coefficient (Wildman–Crippen LogP) is 2.65. The zero-order valence-corrected chi connectivity index (χ0v) is 31.0. The van der Waals surface area contributed by atoms with E-state index in [0.29, 0.717) is 35.7 Å². The topological polar surface area (TPSA) is 128 Å². The van der Waals surface area contributed by atoms with Gasteiger partial charge in [-0.1, -0.05) is 57.5 Å². The van der Waals surface area contributed by atoms with Crippen LogP contribution >= 0.6 is 0 Å². The smallest absolute Gasteiger partial charge is 0.662 e. The maximum absolute atomic E-state index is 12.0. The molecule has 0 aromatic heterocycles. The summed E-state index contributed by atoms with van der Waals surface area (Å²) in [6.45, 7) is 21.4. The minimum atomic E-state index is -1.22. The van der Waals surface area contributed by atoms with Gasteiger partial charge in [-0.2, -0.15) is 0 Å². The Kier molecular flexibility index (Phi) is 20.5. The molecule has 0 aliphatic carbocycles. The Hall–Kier alpha value is -2.29. The van der Waals surface area contributed by atoms with Gasteiger partial charge >= 0.3 is 47.5 Å². The molecule has 0 radical (unpaired) electrons. The van der Waals surface area contributed by atoms with E-state index < -0.39 is 22.1 Å². The summed E-state index contributed by atoms with van der Waals surface area (Å²) in [5.74, 6) is -0.561. The summed E-state index contributed by atoms with van der Waals surface area (Å²) < 4.78 is 15.7. The second-order valence-corrected chi connectivity index (χ2v) is 23.1. The van der Waals surface area contributed by atoms with Gasteiger partial charge in [-0.3, -0.25) is 9.59 Å². The van der Waals surface area contributed by atoms with Crippen molar-refractivity contribution in [3.05, 3.63) is 64.2 Å². The third kappa shape index (κ3) is 18.3. The first-order chi connectivity index (χ1) is 18.9. The monoisotopic (exact) mass is 628 g/mol. The summed E-state index contributed by atoms with van der Waals surface area (Å²) in [4.78, 5) is 46.2. The van der Waals surface area contributed by atoms with Gasteiger partial charge in [-0.15, -0.1) is 0 Å². The van der Waals surface area contributed by atoms with Crippen molar-refractivity contribution in [1.82, 2.24) is 0 Å². The summed E-state index contributed by atoms with van der Waals surface area (Å²) in [5.41, 5.74) is 3.91. The second-order valence-electron chi connectivity index (χ2n) is 11.9. The molecule has 0 aliphatic heterocycles. The van der Waals surface area contributed by atoms with Crippen molar-refractivity contribution in [2.75, 3.05) is 13.2 Å². The van der Waals surface area contributed by atoms with Gasteiger partial charge in [0.25, 0.3) is 6.47 Å². The van der Waals surface area contributed by atoms with Gasteiger partial charge < -0.3 is 24.4 Å². The number of rotatable bonds is 10. The summed E-state index contributed by atoms with van der Waals surface area (Å²) in [5, 5.41) is 8.43. The summed E-state index contributed by atoms with van der Waals surface area (Å²) in [6.07, 6.45) is 0. The molecular formula is C30H45NaO9Si2. The van der Waals surface area contributed by atoms with Crippen molar-refractivity contribution in [2.24, 2.45) is 0 Å². The van der Waals surface area contributed by atoms with Gasteiger partial charge in [0.05, 0.1) is 24.3 Å². The van der Waals surface area contributed by atoms with Gasteiger partial charge in [0.1, 0.15) is 5.75 Å². The molecule has 2 aromatic carbocycles. The van der Waals surface area contributed by atoms with Crippen molar-refractivity contribution >= 4 is 40.5 Å². The predicted molar refractivity (Wildman–Crippen MR) is 162 cm³/mol. The van der Waals surface area contributed by atoms with E-state index in [2.05, 4.69) is 44.2 Å². The molecule has 0 heterocycles. The molecule has 228 valence electrons. The molecule has 2 rings (SSSR count). The molecule has 0 spiro atoms. The van der Waals surface area contributed by atoms with Gasteiger partial charge in [0.15, 0.2) is 0 Å². The fourth-order valence-corrected chi connectivity index (χ4v) is 4.56. The number of ether oxygens (including phenoxy) is 3. The fourth-order valence-electron chi connectivity index (χ4n) is 3.13. The molecule has 42 heavy (non-hydrogen) atoms. The van der Waals surface area contributed by atoms with Gasteiger partial charge in [-0.05, 0) is 62.2 Å². The molecule has 0 bridgehead atoms. The molecule has 2 aromatic rings. The van der Waals surface area contributed by atoms with E-state index >= 15 is 0 Å². The Labute approximate surface area is 274 Å². The van der Waals surface area contributed by atoms with Crippen molar-refractivity contribution < 1.29 is 73.1 Å². The van der Waals surface area contributed by atoms with E-state index in [9.17, 15) is 14.4 Å². The molecule has 0 unspecified atom stereocenters. The van der Waals surface area contributed by atoms with E-state index in [4.69, 9.17) is 24.3 Å². The maximum Gasteiger partial charge on any atom is 1.00 e. The number of carbonyl (C=O) groups excluding carboxylic acids is 4. The third-order valence-corrected chi connectivity index (χ3v) is 9.20. The maximum atomic E-state index is 12.0. The van der Waals surface area contributed by atoms with Gasteiger partial charge in [0.2, 0.25) is 0 Å². The van der Waals surface area contributed by atoms with Crippen molar-refractivity contribution in [2.45, 2.75) is 79.1 Å². The number of hydrogen-bond acceptors (Lipinski definition) is 9. The van der Waals surface area contributed by atoms with Crippen molar-refractivity contribution in [3.63, 3.8) is 0 Å². The minimum Gasteiger partial charge on any atom is -0.662 e. The summed E-state index contributed by atoms with van der Waals surface area (Å²) in [6, 6.07) is 12.7. The van der Waals surface area contributed by atoms with Crippen LogP contribution in [0.4, 0.5) is 0 Å². The Bertz CT molecular complexity index is 1160. The first-order valence-corrected chi connectivity index (χ1v) is 20.8. The van der Waals surface area contributed by atoms with Crippen molar-refractivity contribution in [3.8, 4) is 5.75 Å². The summed E-state index contributed by atoms with van der Waals surface area (Å²) >= 11 is 0. The van der Waals surface area contributed by atoms with E-state index in [1.807, 2.05) is 32.0 Å². The van der Waals surface area contributed by atoms with Crippen LogP contribution in [-0.4, -0.2) is 53.7 Å². The molecule has 0 fully saturated rings. The average molecular weight is 629 g/mol. The number of carbonyl (C=O) groups is 4. The first kappa shape index (κ1) is 41.8. The first-order valence-electron chi connectivity index (χ1n) is 13.3. The second kappa shape index (κ2) is 20.6.